The summed E-state index contributed by atoms with van der Waals surface area (Å²) in [6, 6.07) is 3.52. The molecule has 0 spiro atoms. The lowest BCUT2D eigenvalue weighted by Gasteiger charge is -2.12. The second kappa shape index (κ2) is 5.04. The summed E-state index contributed by atoms with van der Waals surface area (Å²) in [5.74, 6) is 0.604. The third-order valence-corrected chi connectivity index (χ3v) is 1.74. The van der Waals surface area contributed by atoms with Crippen molar-refractivity contribution in [1.82, 2.24) is 10.3 Å². The molecule has 1 aromatic heterocycles. The van der Waals surface area contributed by atoms with E-state index in [2.05, 4.69) is 10.3 Å². The van der Waals surface area contributed by atoms with Crippen LogP contribution >= 0.6 is 11.6 Å². The standard InChI is InChI=1S/C9H13ClN2O/c1-7(5-11-2)13-9-4-3-8(10)6-12-9/h3-4,6-7,11H,5H2,1-2H3. The zero-order chi connectivity index (χ0) is 9.68. The molecular formula is C9H13ClN2O. The summed E-state index contributed by atoms with van der Waals surface area (Å²) in [5.41, 5.74) is 0. The van der Waals surface area contributed by atoms with Gasteiger partial charge >= 0.3 is 0 Å². The minimum absolute atomic E-state index is 0.110. The van der Waals surface area contributed by atoms with E-state index < -0.39 is 0 Å². The van der Waals surface area contributed by atoms with Gasteiger partial charge in [0, 0.05) is 18.8 Å². The van der Waals surface area contributed by atoms with Gasteiger partial charge in [-0.3, -0.25) is 0 Å². The number of hydrogen-bond donors (Lipinski definition) is 1. The van der Waals surface area contributed by atoms with Crippen LogP contribution < -0.4 is 10.1 Å². The third kappa shape index (κ3) is 3.61. The second-order valence-electron chi connectivity index (χ2n) is 2.80. The van der Waals surface area contributed by atoms with E-state index in [0.29, 0.717) is 10.9 Å². The number of nitrogens with one attached hydrogen (secondary N) is 1. The average molecular weight is 201 g/mol. The summed E-state index contributed by atoms with van der Waals surface area (Å²) in [6.45, 7) is 2.77. The first-order valence-electron chi connectivity index (χ1n) is 4.15. The minimum atomic E-state index is 0.110. The van der Waals surface area contributed by atoms with Crippen LogP contribution in [0.15, 0.2) is 18.3 Å². The average Bonchev–Trinajstić information content (AvgIpc) is 2.09. The largest absolute Gasteiger partial charge is 0.473 e. The predicted molar refractivity (Wildman–Crippen MR) is 53.3 cm³/mol. The van der Waals surface area contributed by atoms with Gasteiger partial charge in [-0.05, 0) is 20.0 Å². The molecule has 3 nitrogen and oxygen atoms in total. The maximum absolute atomic E-state index is 5.68. The van der Waals surface area contributed by atoms with E-state index in [1.165, 1.54) is 0 Å². The SMILES string of the molecule is CNCC(C)Oc1ccc(Cl)cn1. The van der Waals surface area contributed by atoms with Gasteiger partial charge in [0.2, 0.25) is 5.88 Å². The Kier molecular flexibility index (Phi) is 3.99. The van der Waals surface area contributed by atoms with Gasteiger partial charge in [-0.25, -0.2) is 4.98 Å². The Bertz CT molecular complexity index is 250. The molecule has 0 aliphatic heterocycles. The maximum Gasteiger partial charge on any atom is 0.213 e. The van der Waals surface area contributed by atoms with Crippen LogP contribution in [0.3, 0.4) is 0 Å². The summed E-state index contributed by atoms with van der Waals surface area (Å²) in [7, 11) is 1.88. The number of ether oxygens (including phenoxy) is 1. The van der Waals surface area contributed by atoms with E-state index in [-0.39, 0.29) is 6.10 Å². The number of rotatable bonds is 4. The Morgan fingerprint density at radius 2 is 2.38 bits per heavy atom. The van der Waals surface area contributed by atoms with Gasteiger partial charge in [0.05, 0.1) is 5.02 Å². The van der Waals surface area contributed by atoms with Crippen LogP contribution in [-0.4, -0.2) is 24.7 Å². The van der Waals surface area contributed by atoms with Crippen LogP contribution in [0.25, 0.3) is 0 Å². The zero-order valence-corrected chi connectivity index (χ0v) is 8.51. The van der Waals surface area contributed by atoms with Crippen molar-refractivity contribution in [1.29, 1.82) is 0 Å². The zero-order valence-electron chi connectivity index (χ0n) is 7.75. The summed E-state index contributed by atoms with van der Waals surface area (Å²) in [5, 5.41) is 3.64. The van der Waals surface area contributed by atoms with Crippen LogP contribution in [0.2, 0.25) is 5.02 Å². The van der Waals surface area contributed by atoms with Crippen molar-refractivity contribution in [2.75, 3.05) is 13.6 Å². The molecule has 13 heavy (non-hydrogen) atoms. The van der Waals surface area contributed by atoms with Crippen LogP contribution in [0, 0.1) is 0 Å². The topological polar surface area (TPSA) is 34.1 Å². The Labute approximate surface area is 83.1 Å². The third-order valence-electron chi connectivity index (χ3n) is 1.51. The van der Waals surface area contributed by atoms with Crippen molar-refractivity contribution < 1.29 is 4.74 Å². The molecule has 1 N–H and O–H groups in total. The number of pyridine rings is 1. The number of hydrogen-bond acceptors (Lipinski definition) is 3. The predicted octanol–water partition coefficient (Wildman–Crippen LogP) is 1.72. The molecular weight excluding hydrogens is 188 g/mol. The number of nitrogens with zero attached hydrogens (tertiary/aromatic N) is 1. The second-order valence-corrected chi connectivity index (χ2v) is 3.24. The number of aromatic nitrogens is 1. The molecule has 0 bridgehead atoms. The van der Waals surface area contributed by atoms with E-state index >= 15 is 0 Å². The number of halogens is 1. The first-order chi connectivity index (χ1) is 6.22. The van der Waals surface area contributed by atoms with Gasteiger partial charge < -0.3 is 10.1 Å². The molecule has 1 unspecified atom stereocenters. The van der Waals surface area contributed by atoms with Crippen molar-refractivity contribution in [3.8, 4) is 5.88 Å². The molecule has 72 valence electrons. The molecule has 0 fully saturated rings. The lowest BCUT2D eigenvalue weighted by Crippen LogP contribution is -2.26. The lowest BCUT2D eigenvalue weighted by atomic mass is 10.4. The Balaban J connectivity index is 2.49. The van der Waals surface area contributed by atoms with Crippen molar-refractivity contribution >= 4 is 11.6 Å². The molecule has 0 saturated carbocycles. The molecule has 0 saturated heterocycles. The van der Waals surface area contributed by atoms with Crippen LogP contribution in [0.5, 0.6) is 5.88 Å². The summed E-state index contributed by atoms with van der Waals surface area (Å²) >= 11 is 5.68. The highest BCUT2D eigenvalue weighted by atomic mass is 35.5. The van der Waals surface area contributed by atoms with E-state index in [1.54, 1.807) is 18.3 Å². The van der Waals surface area contributed by atoms with Crippen molar-refractivity contribution in [3.05, 3.63) is 23.4 Å². The highest BCUT2D eigenvalue weighted by molar-refractivity contribution is 6.30. The summed E-state index contributed by atoms with van der Waals surface area (Å²) in [4.78, 5) is 4.02. The van der Waals surface area contributed by atoms with Crippen molar-refractivity contribution in [2.45, 2.75) is 13.0 Å². The van der Waals surface area contributed by atoms with Gasteiger partial charge in [-0.2, -0.15) is 0 Å². The minimum Gasteiger partial charge on any atom is -0.473 e. The van der Waals surface area contributed by atoms with Crippen molar-refractivity contribution in [2.24, 2.45) is 0 Å². The molecule has 0 aromatic carbocycles. The van der Waals surface area contributed by atoms with E-state index in [1.807, 2.05) is 14.0 Å². The normalized spacial score (nSPS) is 12.5. The molecule has 1 atom stereocenters. The summed E-state index contributed by atoms with van der Waals surface area (Å²) < 4.78 is 5.48. The lowest BCUT2D eigenvalue weighted by molar-refractivity contribution is 0.212. The maximum atomic E-state index is 5.68. The van der Waals surface area contributed by atoms with Gasteiger partial charge in [-0.15, -0.1) is 0 Å². The Morgan fingerprint density at radius 1 is 1.62 bits per heavy atom. The molecule has 0 aliphatic rings. The fourth-order valence-electron chi connectivity index (χ4n) is 0.967. The molecule has 1 aromatic rings. The highest BCUT2D eigenvalue weighted by Gasteiger charge is 2.02. The molecule has 4 heteroatoms. The molecule has 1 heterocycles. The van der Waals surface area contributed by atoms with E-state index in [4.69, 9.17) is 16.3 Å². The van der Waals surface area contributed by atoms with Gasteiger partial charge in [0.25, 0.3) is 0 Å². The smallest absolute Gasteiger partial charge is 0.213 e. The van der Waals surface area contributed by atoms with Crippen LogP contribution in [-0.2, 0) is 0 Å². The first kappa shape index (κ1) is 10.3. The van der Waals surface area contributed by atoms with Crippen LogP contribution in [0.4, 0.5) is 0 Å². The molecule has 0 radical (unpaired) electrons. The Morgan fingerprint density at radius 3 is 2.92 bits per heavy atom. The van der Waals surface area contributed by atoms with Gasteiger partial charge in [-0.1, -0.05) is 11.6 Å². The molecule has 0 aliphatic carbocycles. The fourth-order valence-corrected chi connectivity index (χ4v) is 1.08. The van der Waals surface area contributed by atoms with Gasteiger partial charge in [0.15, 0.2) is 0 Å². The molecule has 0 amide bonds. The van der Waals surface area contributed by atoms with E-state index in [9.17, 15) is 0 Å². The van der Waals surface area contributed by atoms with Gasteiger partial charge in [0.1, 0.15) is 6.10 Å². The number of likely N-dealkylation sites (N-methyl/N-ethyl adjacent to an activating group) is 1. The fraction of sp³-hybridized carbons (Fsp3) is 0.444. The summed E-state index contributed by atoms with van der Waals surface area (Å²) in [6.07, 6.45) is 1.68. The van der Waals surface area contributed by atoms with Crippen molar-refractivity contribution in [3.63, 3.8) is 0 Å². The quantitative estimate of drug-likeness (QED) is 0.804. The van der Waals surface area contributed by atoms with E-state index in [0.717, 1.165) is 6.54 Å². The van der Waals surface area contributed by atoms with Crippen LogP contribution in [0.1, 0.15) is 6.92 Å². The Hall–Kier alpha value is -0.800. The highest BCUT2D eigenvalue weighted by Crippen LogP contribution is 2.12. The molecule has 1 rings (SSSR count). The monoisotopic (exact) mass is 200 g/mol. The first-order valence-corrected chi connectivity index (χ1v) is 4.53.